The minimum atomic E-state index is 0.126. The van der Waals surface area contributed by atoms with E-state index in [9.17, 15) is 0 Å². The second kappa shape index (κ2) is 10.4. The Morgan fingerprint density at radius 2 is 1.70 bits per heavy atom. The van der Waals surface area contributed by atoms with Gasteiger partial charge in [-0.25, -0.2) is 4.68 Å². The van der Waals surface area contributed by atoms with E-state index in [1.807, 2.05) is 36.6 Å². The predicted molar refractivity (Wildman–Crippen MR) is 153 cm³/mol. The highest BCUT2D eigenvalue weighted by atomic mass is 16.5. The van der Waals surface area contributed by atoms with Gasteiger partial charge < -0.3 is 14.0 Å². The molecule has 0 bridgehead atoms. The molecule has 2 aliphatic rings. The van der Waals surface area contributed by atoms with Crippen LogP contribution in [0.4, 0.5) is 0 Å². The van der Waals surface area contributed by atoms with Crippen molar-refractivity contribution in [3.63, 3.8) is 0 Å². The Hall–Kier alpha value is -3.60. The number of hydrogen-bond acceptors (Lipinski definition) is 7. The maximum Gasteiger partial charge on any atom is 0.114 e. The molecule has 0 amide bonds. The largest absolute Gasteiger partial charge is 0.381 e. The molecule has 4 aromatic heterocycles. The van der Waals surface area contributed by atoms with Crippen molar-refractivity contribution >= 4 is 22.1 Å². The monoisotopic (exact) mass is 540 g/mol. The molecule has 2 saturated heterocycles. The third-order valence-corrected chi connectivity index (χ3v) is 8.56. The molecule has 1 atom stereocenters. The number of hydrogen-bond donors (Lipinski definition) is 0. The predicted octanol–water partition coefficient (Wildman–Crippen LogP) is 3.88. The molecule has 0 radical (unpaired) electrons. The van der Waals surface area contributed by atoms with Crippen LogP contribution in [0.3, 0.4) is 0 Å². The van der Waals surface area contributed by atoms with Crippen molar-refractivity contribution in [3.8, 4) is 11.3 Å². The maximum absolute atomic E-state index is 5.83. The number of ether oxygens (including phenoxy) is 2. The number of nitrogens with zero attached hydrogens (tertiary/aromatic N) is 8. The highest BCUT2D eigenvalue weighted by molar-refractivity contribution is 6.06. The summed E-state index contributed by atoms with van der Waals surface area (Å²) in [6.07, 6.45) is 3.98. The van der Waals surface area contributed by atoms with Gasteiger partial charge in [-0.15, -0.1) is 5.10 Å². The van der Waals surface area contributed by atoms with Crippen molar-refractivity contribution < 1.29 is 9.47 Å². The lowest BCUT2D eigenvalue weighted by Gasteiger charge is -2.33. The van der Waals surface area contributed by atoms with Crippen LogP contribution >= 0.6 is 0 Å². The number of aromatic nitrogens is 7. The third kappa shape index (κ3) is 4.31. The molecular formula is C30H36N8O2. The summed E-state index contributed by atoms with van der Waals surface area (Å²) in [7, 11) is 3.99. The van der Waals surface area contributed by atoms with E-state index >= 15 is 0 Å². The number of benzene rings is 1. The quantitative estimate of drug-likeness (QED) is 0.323. The van der Waals surface area contributed by atoms with Crippen LogP contribution in [-0.2, 0) is 30.1 Å². The molecule has 2 aliphatic heterocycles. The van der Waals surface area contributed by atoms with E-state index in [0.29, 0.717) is 5.92 Å². The first-order valence-electron chi connectivity index (χ1n) is 14.2. The van der Waals surface area contributed by atoms with Gasteiger partial charge in [0, 0.05) is 58.7 Å². The van der Waals surface area contributed by atoms with E-state index in [1.54, 1.807) is 0 Å². The van der Waals surface area contributed by atoms with Gasteiger partial charge in [0.05, 0.1) is 41.7 Å². The molecule has 10 heteroatoms. The van der Waals surface area contributed by atoms with Gasteiger partial charge in [0.1, 0.15) is 16.7 Å². The smallest absolute Gasteiger partial charge is 0.114 e. The normalized spacial score (nSPS) is 18.2. The van der Waals surface area contributed by atoms with Crippen LogP contribution in [0.25, 0.3) is 33.3 Å². The number of pyridine rings is 1. The molecule has 40 heavy (non-hydrogen) atoms. The molecule has 5 aromatic rings. The van der Waals surface area contributed by atoms with Crippen LogP contribution in [0.5, 0.6) is 0 Å². The van der Waals surface area contributed by atoms with Gasteiger partial charge in [0.15, 0.2) is 0 Å². The van der Waals surface area contributed by atoms with Crippen molar-refractivity contribution in [2.45, 2.75) is 32.4 Å². The van der Waals surface area contributed by atoms with Gasteiger partial charge >= 0.3 is 0 Å². The minimum absolute atomic E-state index is 0.126. The first-order chi connectivity index (χ1) is 19.6. The molecule has 7 rings (SSSR count). The van der Waals surface area contributed by atoms with Crippen LogP contribution in [0.1, 0.15) is 35.8 Å². The first-order valence-corrected chi connectivity index (χ1v) is 14.2. The zero-order valence-corrected chi connectivity index (χ0v) is 23.5. The minimum Gasteiger partial charge on any atom is -0.381 e. The topological polar surface area (TPSA) is 88.1 Å². The number of aryl methyl sites for hydroxylation is 3. The number of morpholine rings is 1. The van der Waals surface area contributed by atoms with E-state index in [0.717, 1.165) is 98.1 Å². The van der Waals surface area contributed by atoms with Crippen molar-refractivity contribution in [2.75, 3.05) is 39.5 Å². The van der Waals surface area contributed by atoms with E-state index in [4.69, 9.17) is 19.6 Å². The van der Waals surface area contributed by atoms with Crippen LogP contribution in [-0.4, -0.2) is 78.7 Å². The van der Waals surface area contributed by atoms with Gasteiger partial charge in [-0.2, -0.15) is 5.10 Å². The highest BCUT2D eigenvalue weighted by Gasteiger charge is 2.33. The second-order valence-electron chi connectivity index (χ2n) is 11.1. The van der Waals surface area contributed by atoms with Crippen LogP contribution in [0.15, 0.2) is 42.6 Å². The Labute approximate surface area is 233 Å². The number of fused-ring (bicyclic) bond motifs is 3. The summed E-state index contributed by atoms with van der Waals surface area (Å²) in [4.78, 5) is 7.55. The van der Waals surface area contributed by atoms with E-state index < -0.39 is 0 Å². The molecule has 0 saturated carbocycles. The van der Waals surface area contributed by atoms with Crippen molar-refractivity contribution in [2.24, 2.45) is 20.0 Å². The zero-order valence-electron chi connectivity index (χ0n) is 23.5. The molecule has 6 heterocycles. The fourth-order valence-corrected chi connectivity index (χ4v) is 6.69. The summed E-state index contributed by atoms with van der Waals surface area (Å²) in [5, 5.41) is 13.7. The Balaban J connectivity index is 1.51. The molecule has 2 fully saturated rings. The fourth-order valence-electron chi connectivity index (χ4n) is 6.69. The average Bonchev–Trinajstić information content (AvgIpc) is 3.61. The van der Waals surface area contributed by atoms with Gasteiger partial charge in [-0.3, -0.25) is 14.6 Å². The Morgan fingerprint density at radius 3 is 2.42 bits per heavy atom. The van der Waals surface area contributed by atoms with Crippen LogP contribution in [0.2, 0.25) is 0 Å². The summed E-state index contributed by atoms with van der Waals surface area (Å²) >= 11 is 0. The van der Waals surface area contributed by atoms with Crippen LogP contribution < -0.4 is 0 Å². The van der Waals surface area contributed by atoms with E-state index in [1.165, 1.54) is 11.1 Å². The molecule has 0 unspecified atom stereocenters. The molecule has 10 nitrogen and oxygen atoms in total. The Morgan fingerprint density at radius 1 is 0.950 bits per heavy atom. The highest BCUT2D eigenvalue weighted by Crippen LogP contribution is 2.42. The van der Waals surface area contributed by atoms with Crippen molar-refractivity contribution in [1.82, 2.24) is 39.2 Å². The lowest BCUT2D eigenvalue weighted by Crippen LogP contribution is -2.36. The molecule has 1 aromatic carbocycles. The van der Waals surface area contributed by atoms with Crippen molar-refractivity contribution in [1.29, 1.82) is 0 Å². The standard InChI is InChI=1S/C30H36N8O2/c1-20-27(36(3)34-32-20)23-17-25-26(31-18-23)30-29(24(33-35(30)2)19-37-11-15-40-16-12-37)38(25)28(21-7-5-4-6-8-21)22-9-13-39-14-10-22/h4-8,17-18,22,28H,9-16,19H2,1-3H3/t28-/m1/s1. The van der Waals surface area contributed by atoms with Crippen molar-refractivity contribution in [3.05, 3.63) is 59.5 Å². The molecular weight excluding hydrogens is 504 g/mol. The molecule has 0 N–H and O–H groups in total. The summed E-state index contributed by atoms with van der Waals surface area (Å²) in [5.41, 5.74) is 9.63. The second-order valence-corrected chi connectivity index (χ2v) is 11.1. The van der Waals surface area contributed by atoms with Gasteiger partial charge in [0.2, 0.25) is 0 Å². The first kappa shape index (κ1) is 25.4. The average molecular weight is 541 g/mol. The zero-order chi connectivity index (χ0) is 27.2. The molecule has 208 valence electrons. The summed E-state index contributed by atoms with van der Waals surface area (Å²) in [5.74, 6) is 0.426. The third-order valence-electron chi connectivity index (χ3n) is 8.56. The summed E-state index contributed by atoms with van der Waals surface area (Å²) in [6, 6.07) is 13.3. The van der Waals surface area contributed by atoms with Crippen LogP contribution in [0, 0.1) is 12.8 Å². The summed E-state index contributed by atoms with van der Waals surface area (Å²) < 4.78 is 17.9. The molecule has 0 aliphatic carbocycles. The van der Waals surface area contributed by atoms with Gasteiger partial charge in [-0.1, -0.05) is 35.5 Å². The fraction of sp³-hybridized carbons (Fsp3) is 0.467. The van der Waals surface area contributed by atoms with Gasteiger partial charge in [0.25, 0.3) is 0 Å². The maximum atomic E-state index is 5.83. The van der Waals surface area contributed by atoms with E-state index in [-0.39, 0.29) is 6.04 Å². The van der Waals surface area contributed by atoms with Gasteiger partial charge in [-0.05, 0) is 37.3 Å². The number of rotatable bonds is 6. The SMILES string of the molecule is Cc1nnn(C)c1-c1cnc2c3c(c(CN4CCOCC4)nn3C)n([C@H](c3ccccc3)C3CCOCC3)c2c1. The Kier molecular flexibility index (Phi) is 6.61. The summed E-state index contributed by atoms with van der Waals surface area (Å²) in [6.45, 7) is 7.70. The van der Waals surface area contributed by atoms with E-state index in [2.05, 4.69) is 56.2 Å². The lowest BCUT2D eigenvalue weighted by atomic mass is 9.86. The lowest BCUT2D eigenvalue weighted by molar-refractivity contribution is 0.0336. The molecule has 0 spiro atoms. The Bertz CT molecular complexity index is 1620.